The molecule has 5 aromatic rings. The summed E-state index contributed by atoms with van der Waals surface area (Å²) in [5.41, 5.74) is 6.92. The molecule has 1 atom stereocenters. The number of aryl methyl sites for hydroxylation is 1. The Morgan fingerprint density at radius 2 is 1.85 bits per heavy atom. The van der Waals surface area contributed by atoms with E-state index in [1.807, 2.05) is 31.5 Å². The fourth-order valence-electron chi connectivity index (χ4n) is 6.22. The number of hydrogen-bond acceptors (Lipinski definition) is 7. The van der Waals surface area contributed by atoms with Gasteiger partial charge in [-0.05, 0) is 67.9 Å². The van der Waals surface area contributed by atoms with Gasteiger partial charge in [0.2, 0.25) is 0 Å². The van der Waals surface area contributed by atoms with Crippen LogP contribution >= 0.6 is 0 Å². The summed E-state index contributed by atoms with van der Waals surface area (Å²) in [7, 11) is 0. The number of piperazine rings is 1. The van der Waals surface area contributed by atoms with Crippen LogP contribution < -0.4 is 15.9 Å². The van der Waals surface area contributed by atoms with Crippen LogP contribution in [0.1, 0.15) is 62.3 Å². The number of rotatable bonds is 5. The average molecular weight is 546 g/mol. The third-order valence-corrected chi connectivity index (χ3v) is 8.48. The van der Waals surface area contributed by atoms with Gasteiger partial charge in [0.15, 0.2) is 5.65 Å². The van der Waals surface area contributed by atoms with Crippen molar-refractivity contribution in [2.24, 2.45) is 0 Å². The van der Waals surface area contributed by atoms with Gasteiger partial charge in [0.1, 0.15) is 5.82 Å². The number of hydrogen-bond donors (Lipinski definition) is 1. The number of para-hydroxylation sites is 1. The molecule has 41 heavy (non-hydrogen) atoms. The highest BCUT2D eigenvalue weighted by Crippen LogP contribution is 2.46. The van der Waals surface area contributed by atoms with E-state index in [1.165, 1.54) is 5.56 Å². The summed E-state index contributed by atoms with van der Waals surface area (Å²) in [5, 5.41) is 5.45. The van der Waals surface area contributed by atoms with Crippen LogP contribution in [0.4, 0.5) is 5.82 Å². The fourth-order valence-corrected chi connectivity index (χ4v) is 6.22. The van der Waals surface area contributed by atoms with Gasteiger partial charge in [0.25, 0.3) is 0 Å². The van der Waals surface area contributed by atoms with E-state index in [-0.39, 0.29) is 17.6 Å². The van der Waals surface area contributed by atoms with Gasteiger partial charge < -0.3 is 10.2 Å². The molecule has 208 valence electrons. The monoisotopic (exact) mass is 545 g/mol. The summed E-state index contributed by atoms with van der Waals surface area (Å²) in [4.78, 5) is 36.1. The van der Waals surface area contributed by atoms with Gasteiger partial charge in [0, 0.05) is 49.0 Å². The lowest BCUT2D eigenvalue weighted by atomic mass is 9.98. The number of aromatic nitrogens is 5. The first kappa shape index (κ1) is 25.8. The number of anilines is 1. The van der Waals surface area contributed by atoms with E-state index in [1.54, 1.807) is 4.57 Å². The van der Waals surface area contributed by atoms with E-state index in [9.17, 15) is 4.79 Å². The first-order valence-electron chi connectivity index (χ1n) is 14.7. The molecule has 0 bridgehead atoms. The molecule has 0 unspecified atom stereocenters. The fraction of sp³-hybridized carbons (Fsp3) is 0.364. The van der Waals surface area contributed by atoms with Crippen LogP contribution in [0.3, 0.4) is 0 Å². The first-order valence-corrected chi connectivity index (χ1v) is 14.7. The molecule has 2 fully saturated rings. The minimum atomic E-state index is -0.329. The molecule has 8 nitrogen and oxygen atoms in total. The number of benzene rings is 1. The van der Waals surface area contributed by atoms with Gasteiger partial charge in [-0.2, -0.15) is 4.98 Å². The van der Waals surface area contributed by atoms with Crippen LogP contribution in [0.5, 0.6) is 0 Å². The van der Waals surface area contributed by atoms with Crippen LogP contribution in [0.25, 0.3) is 38.9 Å². The lowest BCUT2D eigenvalue weighted by molar-refractivity contribution is 0.497. The zero-order valence-electron chi connectivity index (χ0n) is 24.1. The average Bonchev–Trinajstić information content (AvgIpc) is 3.82. The van der Waals surface area contributed by atoms with Gasteiger partial charge in [-0.25, -0.2) is 14.3 Å². The van der Waals surface area contributed by atoms with Crippen molar-refractivity contribution < 1.29 is 0 Å². The minimum Gasteiger partial charge on any atom is -0.351 e. The summed E-state index contributed by atoms with van der Waals surface area (Å²) in [5.74, 6) is 1.27. The van der Waals surface area contributed by atoms with Gasteiger partial charge in [-0.3, -0.25) is 9.97 Å². The molecular formula is C33H35N7O. The quantitative estimate of drug-likeness (QED) is 0.312. The highest BCUT2D eigenvalue weighted by atomic mass is 16.1. The largest absolute Gasteiger partial charge is 0.355 e. The Kier molecular flexibility index (Phi) is 6.31. The molecular weight excluding hydrogens is 510 g/mol. The third kappa shape index (κ3) is 4.37. The molecule has 4 aromatic heterocycles. The zero-order chi connectivity index (χ0) is 28.2. The molecule has 0 spiro atoms. The molecule has 1 aromatic carbocycles. The van der Waals surface area contributed by atoms with Gasteiger partial charge >= 0.3 is 5.69 Å². The number of nitrogens with zero attached hydrogens (tertiary/aromatic N) is 6. The molecule has 7 rings (SSSR count). The van der Waals surface area contributed by atoms with Crippen LogP contribution in [-0.2, 0) is 0 Å². The Morgan fingerprint density at radius 1 is 1.02 bits per heavy atom. The molecule has 0 radical (unpaired) electrons. The zero-order valence-corrected chi connectivity index (χ0v) is 24.1. The number of nitrogens with one attached hydrogen (secondary N) is 1. The van der Waals surface area contributed by atoms with Crippen LogP contribution in [-0.4, -0.2) is 50.2 Å². The van der Waals surface area contributed by atoms with Gasteiger partial charge in [0.05, 0.1) is 28.0 Å². The predicted octanol–water partition coefficient (Wildman–Crippen LogP) is 5.50. The van der Waals surface area contributed by atoms with Crippen LogP contribution in [0.15, 0.2) is 59.7 Å². The maximum atomic E-state index is 14.2. The molecule has 1 N–H and O–H groups in total. The Labute approximate surface area is 239 Å². The molecule has 2 aliphatic rings. The van der Waals surface area contributed by atoms with E-state index in [0.717, 1.165) is 82.8 Å². The molecule has 5 heterocycles. The minimum absolute atomic E-state index is 0.118. The molecule has 1 saturated heterocycles. The molecule has 1 aliphatic carbocycles. The second-order valence-corrected chi connectivity index (χ2v) is 11.8. The maximum Gasteiger partial charge on any atom is 0.355 e. The van der Waals surface area contributed by atoms with Crippen molar-refractivity contribution in [3.8, 4) is 16.9 Å². The molecule has 1 aliphatic heterocycles. The van der Waals surface area contributed by atoms with Gasteiger partial charge in [-0.1, -0.05) is 38.1 Å². The van der Waals surface area contributed by atoms with Crippen molar-refractivity contribution in [1.82, 2.24) is 29.8 Å². The Bertz CT molecular complexity index is 1850. The van der Waals surface area contributed by atoms with Gasteiger partial charge in [-0.15, -0.1) is 0 Å². The summed E-state index contributed by atoms with van der Waals surface area (Å²) in [6, 6.07) is 14.7. The van der Waals surface area contributed by atoms with Crippen molar-refractivity contribution in [1.29, 1.82) is 0 Å². The Balaban J connectivity index is 1.61. The smallest absolute Gasteiger partial charge is 0.351 e. The lowest BCUT2D eigenvalue weighted by Gasteiger charge is -2.35. The standard InChI is InChI=1S/C33H35N7O/c1-19(2)27-30(20(3)12-14-36-27)40-32-26(31(38-33(40)41)39-16-15-34-18-21(39)4)17-25(22-10-11-22)29(37-32)24-9-5-7-23-8-6-13-35-28(23)24/h5-9,12-14,17,19,21-22,34H,10-11,15-16,18H2,1-4H3/t21-/m0/s1. The van der Waals surface area contributed by atoms with E-state index in [0.29, 0.717) is 11.6 Å². The van der Waals surface area contributed by atoms with Crippen molar-refractivity contribution in [3.63, 3.8) is 0 Å². The molecule has 8 heteroatoms. The number of pyridine rings is 3. The summed E-state index contributed by atoms with van der Waals surface area (Å²) >= 11 is 0. The Hall–Kier alpha value is -4.17. The van der Waals surface area contributed by atoms with Crippen LogP contribution in [0, 0.1) is 6.92 Å². The normalized spacial score (nSPS) is 17.6. The summed E-state index contributed by atoms with van der Waals surface area (Å²) in [6.45, 7) is 10.9. The van der Waals surface area contributed by atoms with E-state index in [2.05, 4.69) is 61.3 Å². The molecule has 1 saturated carbocycles. The lowest BCUT2D eigenvalue weighted by Crippen LogP contribution is -2.50. The van der Waals surface area contributed by atoms with Crippen molar-refractivity contribution in [3.05, 3.63) is 82.2 Å². The van der Waals surface area contributed by atoms with Crippen LogP contribution in [0.2, 0.25) is 0 Å². The first-order chi connectivity index (χ1) is 19.9. The van der Waals surface area contributed by atoms with Crippen molar-refractivity contribution >= 4 is 27.8 Å². The van der Waals surface area contributed by atoms with E-state index in [4.69, 9.17) is 19.9 Å². The highest BCUT2D eigenvalue weighted by Gasteiger charge is 2.32. The second kappa shape index (κ2) is 10.0. The SMILES string of the molecule is Cc1ccnc(C(C)C)c1-n1c(=O)nc(N2CCNC[C@@H]2C)c2cc(C3CC3)c(-c3cccc4cccnc34)nc21. The second-order valence-electron chi connectivity index (χ2n) is 11.8. The predicted molar refractivity (Wildman–Crippen MR) is 164 cm³/mol. The summed E-state index contributed by atoms with van der Waals surface area (Å²) in [6.07, 6.45) is 5.91. The number of fused-ring (bicyclic) bond motifs is 2. The van der Waals surface area contributed by atoms with Crippen molar-refractivity contribution in [2.75, 3.05) is 24.5 Å². The topological polar surface area (TPSA) is 88.8 Å². The van der Waals surface area contributed by atoms with E-state index >= 15 is 0 Å². The highest BCUT2D eigenvalue weighted by molar-refractivity contribution is 5.97. The summed E-state index contributed by atoms with van der Waals surface area (Å²) < 4.78 is 1.71. The Morgan fingerprint density at radius 3 is 2.63 bits per heavy atom. The third-order valence-electron chi connectivity index (χ3n) is 8.48. The van der Waals surface area contributed by atoms with E-state index < -0.39 is 0 Å². The molecule has 0 amide bonds. The maximum absolute atomic E-state index is 14.2. The van der Waals surface area contributed by atoms with Crippen molar-refractivity contribution in [2.45, 2.75) is 58.4 Å².